The molecule has 0 saturated heterocycles. The highest BCUT2D eigenvalue weighted by atomic mass is 16.3. The van der Waals surface area contributed by atoms with Crippen molar-refractivity contribution in [2.24, 2.45) is 0 Å². The summed E-state index contributed by atoms with van der Waals surface area (Å²) in [4.78, 5) is 11.6. The first-order valence-corrected chi connectivity index (χ1v) is 5.51. The minimum absolute atomic E-state index is 0.0622. The molecule has 2 rings (SSSR count). The van der Waals surface area contributed by atoms with E-state index in [-0.39, 0.29) is 12.5 Å². The minimum Gasteiger partial charge on any atom is -0.392 e. The van der Waals surface area contributed by atoms with E-state index < -0.39 is 0 Å². The molecular weight excluding hydrogens is 204 g/mol. The van der Waals surface area contributed by atoms with Gasteiger partial charge in [-0.3, -0.25) is 4.79 Å². The highest BCUT2D eigenvalue weighted by Crippen LogP contribution is 2.18. The van der Waals surface area contributed by atoms with Crippen LogP contribution >= 0.6 is 0 Å². The van der Waals surface area contributed by atoms with Gasteiger partial charge in [0.1, 0.15) is 0 Å². The molecule has 0 aliphatic heterocycles. The van der Waals surface area contributed by atoms with Crippen molar-refractivity contribution in [3.63, 3.8) is 0 Å². The number of rotatable bonds is 5. The van der Waals surface area contributed by atoms with Gasteiger partial charge in [0, 0.05) is 17.3 Å². The van der Waals surface area contributed by atoms with Crippen molar-refractivity contribution >= 4 is 11.6 Å². The second-order valence-corrected chi connectivity index (χ2v) is 4.02. The summed E-state index contributed by atoms with van der Waals surface area (Å²) in [5.41, 5.74) is 1.43. The number of para-hydroxylation sites is 1. The molecule has 0 radical (unpaired) electrons. The summed E-state index contributed by atoms with van der Waals surface area (Å²) in [5.74, 6) is -0.0622. The number of aliphatic hydroxyl groups is 1. The number of carbonyl (C=O) groups excluding carboxylic acids is 1. The van der Waals surface area contributed by atoms with Crippen LogP contribution in [0.2, 0.25) is 0 Å². The molecule has 16 heavy (non-hydrogen) atoms. The third kappa shape index (κ3) is 3.05. The van der Waals surface area contributed by atoms with Crippen LogP contribution in [0.5, 0.6) is 0 Å². The van der Waals surface area contributed by atoms with Crippen molar-refractivity contribution in [1.29, 1.82) is 0 Å². The molecule has 0 spiro atoms. The first-order chi connectivity index (χ1) is 7.79. The maximum Gasteiger partial charge on any atom is 0.238 e. The zero-order chi connectivity index (χ0) is 11.4. The normalized spacial score (nSPS) is 14.8. The number of aliphatic hydroxyl groups excluding tert-OH is 1. The van der Waals surface area contributed by atoms with Gasteiger partial charge in [0.2, 0.25) is 5.91 Å². The summed E-state index contributed by atoms with van der Waals surface area (Å²) in [6.45, 7) is 0.275. The Morgan fingerprint density at radius 2 is 2.12 bits per heavy atom. The molecule has 1 aliphatic carbocycles. The summed E-state index contributed by atoms with van der Waals surface area (Å²) in [6, 6.07) is 7.79. The zero-order valence-electron chi connectivity index (χ0n) is 9.07. The van der Waals surface area contributed by atoms with E-state index >= 15 is 0 Å². The molecule has 0 aromatic heterocycles. The van der Waals surface area contributed by atoms with Crippen molar-refractivity contribution in [1.82, 2.24) is 5.32 Å². The van der Waals surface area contributed by atoms with Gasteiger partial charge in [0.15, 0.2) is 0 Å². The molecule has 1 aliphatic rings. The molecule has 0 bridgehead atoms. The summed E-state index contributed by atoms with van der Waals surface area (Å²) >= 11 is 0. The molecule has 86 valence electrons. The van der Waals surface area contributed by atoms with E-state index in [0.717, 1.165) is 5.56 Å². The third-order valence-corrected chi connectivity index (χ3v) is 2.59. The predicted molar refractivity (Wildman–Crippen MR) is 62.0 cm³/mol. The molecule has 1 fully saturated rings. The molecule has 0 atom stereocenters. The van der Waals surface area contributed by atoms with Gasteiger partial charge in [-0.1, -0.05) is 18.2 Å². The fraction of sp³-hybridized carbons (Fsp3) is 0.417. The van der Waals surface area contributed by atoms with Crippen LogP contribution in [-0.2, 0) is 11.4 Å². The van der Waals surface area contributed by atoms with Gasteiger partial charge in [-0.2, -0.15) is 0 Å². The van der Waals surface area contributed by atoms with Crippen molar-refractivity contribution in [3.05, 3.63) is 29.8 Å². The van der Waals surface area contributed by atoms with Gasteiger partial charge in [-0.25, -0.2) is 0 Å². The van der Waals surface area contributed by atoms with Crippen molar-refractivity contribution in [3.8, 4) is 0 Å². The number of benzene rings is 1. The number of hydrogen-bond donors (Lipinski definition) is 3. The smallest absolute Gasteiger partial charge is 0.238 e. The summed E-state index contributed by atoms with van der Waals surface area (Å²) < 4.78 is 0. The van der Waals surface area contributed by atoms with Crippen LogP contribution in [0.1, 0.15) is 18.4 Å². The number of amides is 1. The molecule has 0 heterocycles. The Bertz CT molecular complexity index is 375. The average Bonchev–Trinajstić information content (AvgIpc) is 3.11. The van der Waals surface area contributed by atoms with Crippen molar-refractivity contribution in [2.75, 3.05) is 11.9 Å². The Hall–Kier alpha value is -1.39. The van der Waals surface area contributed by atoms with Crippen LogP contribution in [0.15, 0.2) is 24.3 Å². The average molecular weight is 220 g/mol. The second kappa shape index (κ2) is 5.09. The fourth-order valence-corrected chi connectivity index (χ4v) is 1.50. The first-order valence-electron chi connectivity index (χ1n) is 5.51. The third-order valence-electron chi connectivity index (χ3n) is 2.59. The van der Waals surface area contributed by atoms with Crippen LogP contribution in [-0.4, -0.2) is 23.6 Å². The summed E-state index contributed by atoms with van der Waals surface area (Å²) in [5, 5.41) is 15.0. The molecule has 4 nitrogen and oxygen atoms in total. The van der Waals surface area contributed by atoms with E-state index in [1.54, 1.807) is 12.1 Å². The SMILES string of the molecule is O=C(CNC1CC1)Nc1ccccc1CO. The van der Waals surface area contributed by atoms with E-state index in [0.29, 0.717) is 18.3 Å². The monoisotopic (exact) mass is 220 g/mol. The van der Waals surface area contributed by atoms with Crippen LogP contribution in [0.25, 0.3) is 0 Å². The van der Waals surface area contributed by atoms with Crippen LogP contribution in [0.4, 0.5) is 5.69 Å². The van der Waals surface area contributed by atoms with E-state index in [4.69, 9.17) is 5.11 Å². The van der Waals surface area contributed by atoms with E-state index in [1.165, 1.54) is 12.8 Å². The molecule has 3 N–H and O–H groups in total. The number of carbonyl (C=O) groups is 1. The second-order valence-electron chi connectivity index (χ2n) is 4.02. The van der Waals surface area contributed by atoms with Gasteiger partial charge >= 0.3 is 0 Å². The maximum atomic E-state index is 11.6. The van der Waals surface area contributed by atoms with Crippen LogP contribution in [0.3, 0.4) is 0 Å². The Kier molecular flexibility index (Phi) is 3.54. The molecular formula is C12H16N2O2. The quantitative estimate of drug-likeness (QED) is 0.690. The minimum atomic E-state index is -0.0630. The standard InChI is InChI=1S/C12H16N2O2/c15-8-9-3-1-2-4-11(9)14-12(16)7-13-10-5-6-10/h1-4,10,13,15H,5-8H2,(H,14,16). The lowest BCUT2D eigenvalue weighted by Gasteiger charge is -2.09. The van der Waals surface area contributed by atoms with Gasteiger partial charge in [-0.15, -0.1) is 0 Å². The van der Waals surface area contributed by atoms with E-state index in [2.05, 4.69) is 10.6 Å². The topological polar surface area (TPSA) is 61.4 Å². The molecule has 4 heteroatoms. The Morgan fingerprint density at radius 3 is 2.81 bits per heavy atom. The molecule has 1 aromatic carbocycles. The van der Waals surface area contributed by atoms with Crippen molar-refractivity contribution < 1.29 is 9.90 Å². The van der Waals surface area contributed by atoms with Crippen molar-refractivity contribution in [2.45, 2.75) is 25.5 Å². The van der Waals surface area contributed by atoms with Gasteiger partial charge in [0.05, 0.1) is 13.2 Å². The first kappa shape index (κ1) is 11.1. The summed E-state index contributed by atoms with van der Waals surface area (Å²) in [7, 11) is 0. The van der Waals surface area contributed by atoms with E-state index in [9.17, 15) is 4.79 Å². The van der Waals surface area contributed by atoms with Crippen LogP contribution < -0.4 is 10.6 Å². The molecule has 1 saturated carbocycles. The highest BCUT2D eigenvalue weighted by molar-refractivity contribution is 5.93. The summed E-state index contributed by atoms with van der Waals surface area (Å²) in [6.07, 6.45) is 2.33. The Labute approximate surface area is 94.7 Å². The predicted octanol–water partition coefficient (Wildman–Crippen LogP) is 0.869. The largest absolute Gasteiger partial charge is 0.392 e. The maximum absolute atomic E-state index is 11.6. The number of hydrogen-bond acceptors (Lipinski definition) is 3. The van der Waals surface area contributed by atoms with Gasteiger partial charge in [-0.05, 0) is 18.9 Å². The molecule has 1 aromatic rings. The highest BCUT2D eigenvalue weighted by Gasteiger charge is 2.21. The lowest BCUT2D eigenvalue weighted by atomic mass is 10.2. The zero-order valence-corrected chi connectivity index (χ0v) is 9.07. The van der Waals surface area contributed by atoms with Crippen LogP contribution in [0, 0.1) is 0 Å². The lowest BCUT2D eigenvalue weighted by Crippen LogP contribution is -2.29. The van der Waals surface area contributed by atoms with E-state index in [1.807, 2.05) is 12.1 Å². The number of nitrogens with one attached hydrogen (secondary N) is 2. The van der Waals surface area contributed by atoms with Gasteiger partial charge < -0.3 is 15.7 Å². The Balaban J connectivity index is 1.88. The fourth-order valence-electron chi connectivity index (χ4n) is 1.50. The van der Waals surface area contributed by atoms with Gasteiger partial charge in [0.25, 0.3) is 0 Å². The number of anilines is 1. The molecule has 0 unspecified atom stereocenters. The molecule has 1 amide bonds. The Morgan fingerprint density at radius 1 is 1.38 bits per heavy atom. The lowest BCUT2D eigenvalue weighted by molar-refractivity contribution is -0.115.